The Balaban J connectivity index is 1.15. The van der Waals surface area contributed by atoms with Gasteiger partial charge in [-0.2, -0.15) is 0 Å². The zero-order chi connectivity index (χ0) is 33.6. The van der Waals surface area contributed by atoms with Crippen molar-refractivity contribution in [3.63, 3.8) is 0 Å². The maximum Gasteiger partial charge on any atom is 0.335 e. The summed E-state index contributed by atoms with van der Waals surface area (Å²) in [7, 11) is 1.45. The number of ether oxygens (including phenoxy) is 4. The van der Waals surface area contributed by atoms with Gasteiger partial charge >= 0.3 is 5.97 Å². The van der Waals surface area contributed by atoms with Crippen molar-refractivity contribution in [1.82, 2.24) is 14.8 Å². The fourth-order valence-corrected chi connectivity index (χ4v) is 7.46. The Labute approximate surface area is 291 Å². The number of hydrogen-bond donors (Lipinski definition) is 2. The molecule has 0 aliphatic carbocycles. The van der Waals surface area contributed by atoms with E-state index in [4.69, 9.17) is 36.9 Å². The summed E-state index contributed by atoms with van der Waals surface area (Å²) in [6.45, 7) is 5.23. The van der Waals surface area contributed by atoms with Gasteiger partial charge in [-0.3, -0.25) is 14.6 Å². The third-order valence-electron chi connectivity index (χ3n) is 7.85. The average Bonchev–Trinajstić information content (AvgIpc) is 3.59. The van der Waals surface area contributed by atoms with E-state index in [1.807, 2.05) is 36.4 Å². The zero-order valence-electron chi connectivity index (χ0n) is 26.2. The Hall–Kier alpha value is -4.21. The lowest BCUT2D eigenvalue weighted by molar-refractivity contribution is -0.122. The Morgan fingerprint density at radius 3 is 2.62 bits per heavy atom. The number of carbonyl (C=O) groups excluding carboxylic acids is 1. The second-order valence-electron chi connectivity index (χ2n) is 11.0. The molecule has 3 aromatic carbocycles. The van der Waals surface area contributed by atoms with E-state index in [9.17, 15) is 14.7 Å². The number of methoxy groups -OCH3 is 1. The predicted octanol–water partition coefficient (Wildman–Crippen LogP) is 5.63. The summed E-state index contributed by atoms with van der Waals surface area (Å²) in [6, 6.07) is 16.4. The van der Waals surface area contributed by atoms with Gasteiger partial charge in [-0.15, -0.1) is 0 Å². The maximum absolute atomic E-state index is 13.4. The fourth-order valence-electron chi connectivity index (χ4n) is 5.38. The van der Waals surface area contributed by atoms with Crippen molar-refractivity contribution in [3.8, 4) is 28.4 Å². The number of carboxylic acid groups (broad SMARTS) is 1. The molecule has 6 rings (SSSR count). The Morgan fingerprint density at radius 1 is 1.04 bits per heavy atom. The number of aromatic nitrogens is 1. The molecule has 48 heavy (non-hydrogen) atoms. The number of fused-ring (bicyclic) bond motifs is 1. The van der Waals surface area contributed by atoms with Gasteiger partial charge in [0, 0.05) is 31.7 Å². The fraction of sp³-hybridized carbons (Fsp3) is 0.294. The Kier molecular flexibility index (Phi) is 10.8. The molecule has 2 fully saturated rings. The number of benzene rings is 3. The van der Waals surface area contributed by atoms with E-state index in [0.29, 0.717) is 45.4 Å². The summed E-state index contributed by atoms with van der Waals surface area (Å²) in [5.74, 6) is 0.286. The SMILES string of the molecule is COc1cc(C(=O)O)ccc1OCCCN1C(=O)/C(=C/c2ccc(OCCN3CCOCC3)c(-c3ccc4nc(N)sc4c3)c2)SC1=S. The molecule has 2 aliphatic rings. The number of carbonyl (C=O) groups is 2. The molecule has 250 valence electrons. The highest BCUT2D eigenvalue weighted by molar-refractivity contribution is 8.26. The molecule has 3 N–H and O–H groups in total. The van der Waals surface area contributed by atoms with Crippen molar-refractivity contribution in [2.45, 2.75) is 6.42 Å². The first-order valence-corrected chi connectivity index (χ1v) is 17.4. The first-order valence-electron chi connectivity index (χ1n) is 15.3. The largest absolute Gasteiger partial charge is 0.493 e. The number of hydrogen-bond acceptors (Lipinski definition) is 12. The monoisotopic (exact) mass is 706 g/mol. The number of aromatic carboxylic acids is 1. The molecule has 4 aromatic rings. The summed E-state index contributed by atoms with van der Waals surface area (Å²) >= 11 is 8.27. The molecule has 2 aliphatic heterocycles. The highest BCUT2D eigenvalue weighted by atomic mass is 32.2. The Bertz CT molecular complexity index is 1870. The first-order chi connectivity index (χ1) is 23.3. The number of amides is 1. The van der Waals surface area contributed by atoms with E-state index in [-0.39, 0.29) is 18.1 Å². The smallest absolute Gasteiger partial charge is 0.335 e. The topological polar surface area (TPSA) is 137 Å². The van der Waals surface area contributed by atoms with Gasteiger partial charge in [-0.25, -0.2) is 9.78 Å². The number of thiocarbonyl (C=S) groups is 1. The molecule has 0 bridgehead atoms. The van der Waals surface area contributed by atoms with Crippen LogP contribution in [0.15, 0.2) is 59.5 Å². The molecule has 0 radical (unpaired) electrons. The second kappa shape index (κ2) is 15.3. The van der Waals surface area contributed by atoms with Crippen LogP contribution in [0.1, 0.15) is 22.3 Å². The number of nitrogens with zero attached hydrogens (tertiary/aromatic N) is 3. The summed E-state index contributed by atoms with van der Waals surface area (Å²) in [6.07, 6.45) is 2.36. The van der Waals surface area contributed by atoms with Gasteiger partial charge in [-0.1, -0.05) is 47.4 Å². The van der Waals surface area contributed by atoms with Crippen LogP contribution in [0.5, 0.6) is 17.2 Å². The highest BCUT2D eigenvalue weighted by Gasteiger charge is 2.31. The molecule has 0 spiro atoms. The first kappa shape index (κ1) is 33.7. The zero-order valence-corrected chi connectivity index (χ0v) is 28.6. The van der Waals surface area contributed by atoms with Gasteiger partial charge in [0.05, 0.1) is 47.6 Å². The number of anilines is 1. The van der Waals surface area contributed by atoms with Crippen LogP contribution in [-0.2, 0) is 9.53 Å². The lowest BCUT2D eigenvalue weighted by Gasteiger charge is -2.26. The van der Waals surface area contributed by atoms with E-state index in [2.05, 4.69) is 16.0 Å². The minimum atomic E-state index is -1.05. The van der Waals surface area contributed by atoms with E-state index in [1.54, 1.807) is 11.0 Å². The van der Waals surface area contributed by atoms with Crippen LogP contribution in [0.25, 0.3) is 27.4 Å². The van der Waals surface area contributed by atoms with Crippen LogP contribution in [0, 0.1) is 0 Å². The number of rotatable bonds is 13. The van der Waals surface area contributed by atoms with Gasteiger partial charge < -0.3 is 29.8 Å². The number of carboxylic acids is 1. The number of nitrogens with two attached hydrogens (primary N) is 1. The van der Waals surface area contributed by atoms with Crippen molar-refractivity contribution in [1.29, 1.82) is 0 Å². The normalized spacial score (nSPS) is 16.2. The van der Waals surface area contributed by atoms with Gasteiger partial charge in [0.2, 0.25) is 0 Å². The molecule has 0 atom stereocenters. The van der Waals surface area contributed by atoms with Crippen molar-refractivity contribution < 1.29 is 33.6 Å². The molecule has 11 nitrogen and oxygen atoms in total. The summed E-state index contributed by atoms with van der Waals surface area (Å²) in [5.41, 5.74) is 9.63. The van der Waals surface area contributed by atoms with Gasteiger partial charge in [0.25, 0.3) is 5.91 Å². The van der Waals surface area contributed by atoms with Crippen LogP contribution >= 0.6 is 35.3 Å². The molecule has 0 saturated carbocycles. The quantitative estimate of drug-likeness (QED) is 0.101. The molecule has 3 heterocycles. The summed E-state index contributed by atoms with van der Waals surface area (Å²) in [4.78, 5) is 33.5. The van der Waals surface area contributed by atoms with Gasteiger partial charge in [0.1, 0.15) is 16.7 Å². The molecule has 0 unspecified atom stereocenters. The molecular weight excluding hydrogens is 673 g/mol. The van der Waals surface area contributed by atoms with E-state index < -0.39 is 5.97 Å². The van der Waals surface area contributed by atoms with Crippen LogP contribution in [-0.4, -0.2) is 95.8 Å². The average molecular weight is 707 g/mol. The van der Waals surface area contributed by atoms with Crippen molar-refractivity contribution in [2.24, 2.45) is 0 Å². The van der Waals surface area contributed by atoms with Crippen LogP contribution < -0.4 is 19.9 Å². The Morgan fingerprint density at radius 2 is 1.83 bits per heavy atom. The number of morpholine rings is 1. The minimum absolute atomic E-state index is 0.104. The van der Waals surface area contributed by atoms with Crippen molar-refractivity contribution in [2.75, 3.05) is 65.5 Å². The molecule has 14 heteroatoms. The third-order valence-corrected chi connectivity index (χ3v) is 10.1. The van der Waals surface area contributed by atoms with Crippen LogP contribution in [0.2, 0.25) is 0 Å². The number of thiazole rings is 1. The number of nitrogen functional groups attached to an aromatic ring is 1. The second-order valence-corrected chi connectivity index (χ2v) is 13.7. The lowest BCUT2D eigenvalue weighted by Crippen LogP contribution is -2.38. The minimum Gasteiger partial charge on any atom is -0.493 e. The van der Waals surface area contributed by atoms with Crippen molar-refractivity contribution >= 4 is 72.9 Å². The van der Waals surface area contributed by atoms with Crippen molar-refractivity contribution in [3.05, 3.63) is 70.6 Å². The van der Waals surface area contributed by atoms with Crippen LogP contribution in [0.3, 0.4) is 0 Å². The maximum atomic E-state index is 13.4. The molecule has 1 aromatic heterocycles. The lowest BCUT2D eigenvalue weighted by atomic mass is 10.0. The van der Waals surface area contributed by atoms with E-state index >= 15 is 0 Å². The highest BCUT2D eigenvalue weighted by Crippen LogP contribution is 2.38. The van der Waals surface area contributed by atoms with Gasteiger partial charge in [-0.05, 0) is 66.1 Å². The molecular formula is C34H34N4O7S3. The summed E-state index contributed by atoms with van der Waals surface area (Å²) < 4.78 is 24.3. The summed E-state index contributed by atoms with van der Waals surface area (Å²) in [5, 5.41) is 9.73. The molecule has 2 saturated heterocycles. The number of thioether (sulfide) groups is 1. The molecule has 1 amide bonds. The van der Waals surface area contributed by atoms with Crippen LogP contribution in [0.4, 0.5) is 5.13 Å². The van der Waals surface area contributed by atoms with E-state index in [0.717, 1.165) is 65.5 Å². The predicted molar refractivity (Wildman–Crippen MR) is 192 cm³/mol. The third kappa shape index (κ3) is 7.90. The standard InChI is InChI=1S/C34H34N4O7S3/c1-42-28-19-23(32(40)41)5-8-27(28)44-13-2-9-38-31(39)30(48-34(38)46)18-21-3-7-26(45-16-12-37-10-14-43-15-11-37)24(17-21)22-4-6-25-29(20-22)47-33(35)36-25/h3-8,17-20H,2,9-16H2,1H3,(H2,35,36)(H,40,41)/b30-18-. The van der Waals surface area contributed by atoms with E-state index in [1.165, 1.54) is 42.3 Å². The van der Waals surface area contributed by atoms with Gasteiger partial charge in [0.15, 0.2) is 16.6 Å².